The average Bonchev–Trinajstić information content (AvgIpc) is 2.77. The second-order valence-corrected chi connectivity index (χ2v) is 4.73. The van der Waals surface area contributed by atoms with Crippen LogP contribution in [0, 0.1) is 11.3 Å². The molecule has 0 aliphatic heterocycles. The molecular formula is C12H10ClN3OS. The third kappa shape index (κ3) is 2.79. The molecule has 2 rings (SSSR count). The largest absolute Gasteiger partial charge is 0.387 e. The van der Waals surface area contributed by atoms with Crippen LogP contribution in [0.3, 0.4) is 0 Å². The van der Waals surface area contributed by atoms with E-state index < -0.39 is 6.10 Å². The number of aliphatic hydroxyl groups excluding tert-OH is 1. The van der Waals surface area contributed by atoms with Gasteiger partial charge in [-0.05, 0) is 17.1 Å². The zero-order valence-corrected chi connectivity index (χ0v) is 10.9. The van der Waals surface area contributed by atoms with E-state index in [2.05, 4.69) is 9.69 Å². The molecule has 4 nitrogen and oxygen atoms in total. The second kappa shape index (κ2) is 5.83. The molecule has 0 aliphatic rings. The van der Waals surface area contributed by atoms with Crippen molar-refractivity contribution in [1.82, 2.24) is 4.37 Å². The van der Waals surface area contributed by atoms with E-state index >= 15 is 0 Å². The highest BCUT2D eigenvalue weighted by atomic mass is 35.5. The predicted octanol–water partition coefficient (Wildman–Crippen LogP) is 2.81. The van der Waals surface area contributed by atoms with Crippen molar-refractivity contribution in [2.75, 3.05) is 11.9 Å². The van der Waals surface area contributed by atoms with E-state index in [1.54, 1.807) is 0 Å². The van der Waals surface area contributed by atoms with Gasteiger partial charge in [-0.2, -0.15) is 9.64 Å². The summed E-state index contributed by atoms with van der Waals surface area (Å²) in [4.78, 5) is 0. The number of hydrogen-bond acceptors (Lipinski definition) is 5. The van der Waals surface area contributed by atoms with Crippen molar-refractivity contribution in [1.29, 1.82) is 5.26 Å². The van der Waals surface area contributed by atoms with Gasteiger partial charge in [-0.15, -0.1) is 0 Å². The van der Waals surface area contributed by atoms with Crippen LogP contribution in [0.5, 0.6) is 0 Å². The summed E-state index contributed by atoms with van der Waals surface area (Å²) >= 11 is 6.86. The van der Waals surface area contributed by atoms with Crippen molar-refractivity contribution in [3.05, 3.63) is 46.6 Å². The summed E-state index contributed by atoms with van der Waals surface area (Å²) in [7, 11) is 0. The van der Waals surface area contributed by atoms with Crippen molar-refractivity contribution in [2.24, 2.45) is 0 Å². The van der Waals surface area contributed by atoms with Gasteiger partial charge in [-0.3, -0.25) is 0 Å². The van der Waals surface area contributed by atoms with Crippen molar-refractivity contribution in [3.8, 4) is 6.07 Å². The Labute approximate surface area is 114 Å². The molecule has 2 N–H and O–H groups in total. The zero-order valence-electron chi connectivity index (χ0n) is 9.30. The van der Waals surface area contributed by atoms with E-state index in [1.807, 2.05) is 36.4 Å². The first-order valence-corrected chi connectivity index (χ1v) is 6.39. The predicted molar refractivity (Wildman–Crippen MR) is 71.7 cm³/mol. The number of aliphatic hydroxyl groups is 1. The van der Waals surface area contributed by atoms with Crippen LogP contribution in [-0.2, 0) is 0 Å². The summed E-state index contributed by atoms with van der Waals surface area (Å²) < 4.78 is 3.88. The lowest BCUT2D eigenvalue weighted by Crippen LogP contribution is -2.11. The fraction of sp³-hybridized carbons (Fsp3) is 0.167. The van der Waals surface area contributed by atoms with Gasteiger partial charge in [0.05, 0.1) is 6.10 Å². The van der Waals surface area contributed by atoms with Gasteiger partial charge in [0.25, 0.3) is 0 Å². The van der Waals surface area contributed by atoms with Crippen LogP contribution < -0.4 is 5.32 Å². The van der Waals surface area contributed by atoms with Crippen LogP contribution in [0.25, 0.3) is 0 Å². The van der Waals surface area contributed by atoms with Crippen LogP contribution in [0.2, 0.25) is 5.15 Å². The highest BCUT2D eigenvalue weighted by Gasteiger charge is 2.13. The SMILES string of the molecule is N#Cc1c(Cl)nsc1NCC(O)c1ccccc1. The maximum absolute atomic E-state index is 9.96. The number of benzene rings is 1. The first kappa shape index (κ1) is 12.8. The molecule has 0 amide bonds. The molecule has 92 valence electrons. The van der Waals surface area contributed by atoms with Gasteiger partial charge in [-0.25, -0.2) is 0 Å². The number of rotatable bonds is 4. The molecular weight excluding hydrogens is 270 g/mol. The molecule has 1 atom stereocenters. The maximum Gasteiger partial charge on any atom is 0.162 e. The second-order valence-electron chi connectivity index (χ2n) is 3.60. The monoisotopic (exact) mass is 279 g/mol. The summed E-state index contributed by atoms with van der Waals surface area (Å²) in [5, 5.41) is 22.6. The summed E-state index contributed by atoms with van der Waals surface area (Å²) in [6, 6.07) is 11.3. The van der Waals surface area contributed by atoms with Gasteiger partial charge in [0.15, 0.2) is 5.15 Å². The van der Waals surface area contributed by atoms with Gasteiger partial charge in [0.2, 0.25) is 0 Å². The third-order valence-corrected chi connectivity index (χ3v) is 3.58. The van der Waals surface area contributed by atoms with Gasteiger partial charge in [0, 0.05) is 6.54 Å². The third-order valence-electron chi connectivity index (χ3n) is 2.40. The lowest BCUT2D eigenvalue weighted by Gasteiger charge is -2.11. The molecule has 0 radical (unpaired) electrons. The Hall–Kier alpha value is -1.61. The van der Waals surface area contributed by atoms with Gasteiger partial charge in [-0.1, -0.05) is 41.9 Å². The summed E-state index contributed by atoms with van der Waals surface area (Å²) in [6.07, 6.45) is -0.640. The normalized spacial score (nSPS) is 11.8. The number of aromatic nitrogens is 1. The quantitative estimate of drug-likeness (QED) is 0.903. The highest BCUT2D eigenvalue weighted by Crippen LogP contribution is 2.28. The Balaban J connectivity index is 2.02. The van der Waals surface area contributed by atoms with Crippen molar-refractivity contribution in [2.45, 2.75) is 6.10 Å². The summed E-state index contributed by atoms with van der Waals surface area (Å²) in [5.74, 6) is 0. The number of hydrogen-bond donors (Lipinski definition) is 2. The van der Waals surface area contributed by atoms with Gasteiger partial charge in [0.1, 0.15) is 16.6 Å². The standard InChI is InChI=1S/C12H10ClN3OS/c13-11-9(6-14)12(18-16-11)15-7-10(17)8-4-2-1-3-5-8/h1-5,10,15,17H,7H2. The molecule has 1 aromatic heterocycles. The number of nitrogens with zero attached hydrogens (tertiary/aromatic N) is 2. The lowest BCUT2D eigenvalue weighted by atomic mass is 10.1. The van der Waals surface area contributed by atoms with E-state index in [9.17, 15) is 5.11 Å². The van der Waals surface area contributed by atoms with Gasteiger partial charge >= 0.3 is 0 Å². The Morgan fingerprint density at radius 3 is 2.83 bits per heavy atom. The molecule has 1 aromatic carbocycles. The molecule has 6 heteroatoms. The molecule has 0 spiro atoms. The molecule has 0 aliphatic carbocycles. The molecule has 0 saturated heterocycles. The Kier molecular flexibility index (Phi) is 4.15. The van der Waals surface area contributed by atoms with Crippen LogP contribution >= 0.6 is 23.1 Å². The van der Waals surface area contributed by atoms with Crippen LogP contribution in [-0.4, -0.2) is 16.0 Å². The fourth-order valence-electron chi connectivity index (χ4n) is 1.47. The molecule has 0 bridgehead atoms. The first-order chi connectivity index (χ1) is 8.72. The Bertz CT molecular complexity index is 564. The number of nitrogens with one attached hydrogen (secondary N) is 1. The van der Waals surface area contributed by atoms with E-state index in [1.165, 1.54) is 0 Å². The summed E-state index contributed by atoms with van der Waals surface area (Å²) in [5.41, 5.74) is 1.14. The first-order valence-electron chi connectivity index (χ1n) is 5.24. The van der Waals surface area contributed by atoms with E-state index in [0.717, 1.165) is 17.1 Å². The molecule has 1 unspecified atom stereocenters. The fourth-order valence-corrected chi connectivity index (χ4v) is 2.41. The molecule has 0 saturated carbocycles. The average molecular weight is 280 g/mol. The topological polar surface area (TPSA) is 68.9 Å². The zero-order chi connectivity index (χ0) is 13.0. The van der Waals surface area contributed by atoms with E-state index in [4.69, 9.17) is 16.9 Å². The number of anilines is 1. The van der Waals surface area contributed by atoms with E-state index in [0.29, 0.717) is 17.1 Å². The van der Waals surface area contributed by atoms with Crippen LogP contribution in [0.1, 0.15) is 17.2 Å². The lowest BCUT2D eigenvalue weighted by molar-refractivity contribution is 0.191. The smallest absolute Gasteiger partial charge is 0.162 e. The molecule has 18 heavy (non-hydrogen) atoms. The van der Waals surface area contributed by atoms with Crippen molar-refractivity contribution in [3.63, 3.8) is 0 Å². The Morgan fingerprint density at radius 1 is 1.44 bits per heavy atom. The Morgan fingerprint density at radius 2 is 2.17 bits per heavy atom. The number of halogens is 1. The summed E-state index contributed by atoms with van der Waals surface area (Å²) in [6.45, 7) is 0.303. The van der Waals surface area contributed by atoms with Gasteiger partial charge < -0.3 is 10.4 Å². The van der Waals surface area contributed by atoms with Crippen molar-refractivity contribution < 1.29 is 5.11 Å². The van der Waals surface area contributed by atoms with E-state index in [-0.39, 0.29) is 5.15 Å². The van der Waals surface area contributed by atoms with Crippen LogP contribution in [0.4, 0.5) is 5.00 Å². The maximum atomic E-state index is 9.96. The highest BCUT2D eigenvalue weighted by molar-refractivity contribution is 7.10. The van der Waals surface area contributed by atoms with Crippen LogP contribution in [0.15, 0.2) is 30.3 Å². The minimum atomic E-state index is -0.640. The molecule has 2 aromatic rings. The molecule has 0 fully saturated rings. The minimum absolute atomic E-state index is 0.194. The van der Waals surface area contributed by atoms with Crippen molar-refractivity contribution >= 4 is 28.1 Å². The number of nitriles is 1. The minimum Gasteiger partial charge on any atom is -0.387 e. The molecule has 1 heterocycles.